The third-order valence-corrected chi connectivity index (χ3v) is 4.92. The average molecular weight is 434 g/mol. The molecule has 7 nitrogen and oxygen atoms in total. The van der Waals surface area contributed by atoms with Crippen LogP contribution in [0.1, 0.15) is 53.9 Å². The highest BCUT2D eigenvalue weighted by atomic mass is 19.4. The lowest BCUT2D eigenvalue weighted by Crippen LogP contribution is -2.32. The quantitative estimate of drug-likeness (QED) is 0.653. The van der Waals surface area contributed by atoms with Crippen molar-refractivity contribution in [3.8, 4) is 0 Å². The Bertz CT molecular complexity index is 1290. The number of alkyl halides is 3. The van der Waals surface area contributed by atoms with E-state index in [1.807, 2.05) is 13.8 Å². The zero-order valence-electron chi connectivity index (χ0n) is 17.3. The molecule has 2 N–H and O–H groups in total. The molecule has 1 aromatic carbocycles. The van der Waals surface area contributed by atoms with Crippen LogP contribution in [-0.4, -0.2) is 20.4 Å². The number of pyridine rings is 1. The minimum absolute atomic E-state index is 0.0189. The van der Waals surface area contributed by atoms with Crippen LogP contribution in [-0.2, 0) is 12.7 Å². The van der Waals surface area contributed by atoms with Gasteiger partial charge in [-0.25, -0.2) is 9.78 Å². The topological polar surface area (TPSA) is 96.9 Å². The van der Waals surface area contributed by atoms with Crippen molar-refractivity contribution in [2.45, 2.75) is 46.3 Å². The molecule has 10 heteroatoms. The summed E-state index contributed by atoms with van der Waals surface area (Å²) in [6, 6.07) is 4.86. The van der Waals surface area contributed by atoms with Crippen molar-refractivity contribution in [3.63, 3.8) is 0 Å². The number of anilines is 1. The molecule has 0 saturated heterocycles. The number of aromatic nitrogens is 3. The van der Waals surface area contributed by atoms with E-state index in [2.05, 4.69) is 15.3 Å². The standard InChI is InChI=1S/C21H21F3N4O3/c1-5-28-17-16(19(30)27-20(28)31)13(9-15(26-17)10(2)3)18(29)25-12-7-6-11(4)14(8-12)21(22,23)24/h6-10H,5H2,1-4H3,(H,25,29)(H,27,30,31). The number of rotatable bonds is 4. The number of fused-ring (bicyclic) bond motifs is 1. The summed E-state index contributed by atoms with van der Waals surface area (Å²) in [5.41, 5.74) is -1.94. The number of nitrogens with zero attached hydrogens (tertiary/aromatic N) is 2. The number of carbonyl (C=O) groups excluding carboxylic acids is 1. The van der Waals surface area contributed by atoms with Gasteiger partial charge >= 0.3 is 11.9 Å². The van der Waals surface area contributed by atoms with Crippen molar-refractivity contribution in [2.24, 2.45) is 0 Å². The molecule has 2 aromatic heterocycles. The first-order chi connectivity index (χ1) is 14.4. The van der Waals surface area contributed by atoms with Crippen LogP contribution in [0.15, 0.2) is 33.9 Å². The van der Waals surface area contributed by atoms with Crippen molar-refractivity contribution in [1.82, 2.24) is 14.5 Å². The number of H-pyrrole nitrogens is 1. The summed E-state index contributed by atoms with van der Waals surface area (Å²) in [6.07, 6.45) is -4.58. The molecule has 0 aliphatic heterocycles. The minimum atomic E-state index is -4.58. The molecule has 3 rings (SSSR count). The Morgan fingerprint density at radius 1 is 1.23 bits per heavy atom. The van der Waals surface area contributed by atoms with Crippen molar-refractivity contribution in [2.75, 3.05) is 5.32 Å². The largest absolute Gasteiger partial charge is 0.416 e. The summed E-state index contributed by atoms with van der Waals surface area (Å²) in [7, 11) is 0. The van der Waals surface area contributed by atoms with Crippen LogP contribution in [0, 0.1) is 6.92 Å². The number of amides is 1. The molecule has 0 radical (unpaired) electrons. The van der Waals surface area contributed by atoms with Gasteiger partial charge < -0.3 is 5.32 Å². The minimum Gasteiger partial charge on any atom is -0.322 e. The van der Waals surface area contributed by atoms with Gasteiger partial charge in [-0.1, -0.05) is 19.9 Å². The molecule has 164 valence electrons. The van der Waals surface area contributed by atoms with Gasteiger partial charge in [0.25, 0.3) is 11.5 Å². The molecule has 0 saturated carbocycles. The second kappa shape index (κ2) is 8.01. The maximum atomic E-state index is 13.2. The molecule has 0 spiro atoms. The summed E-state index contributed by atoms with van der Waals surface area (Å²) in [6.45, 7) is 6.87. The number of aromatic amines is 1. The predicted octanol–water partition coefficient (Wildman–Crippen LogP) is 3.81. The molecule has 2 heterocycles. The van der Waals surface area contributed by atoms with E-state index >= 15 is 0 Å². The fourth-order valence-corrected chi connectivity index (χ4v) is 3.27. The third-order valence-electron chi connectivity index (χ3n) is 4.92. The van der Waals surface area contributed by atoms with E-state index < -0.39 is 28.9 Å². The highest BCUT2D eigenvalue weighted by Gasteiger charge is 2.32. The Hall–Kier alpha value is -3.43. The molecule has 0 aliphatic carbocycles. The summed E-state index contributed by atoms with van der Waals surface area (Å²) in [5, 5.41) is 2.32. The number of hydrogen-bond donors (Lipinski definition) is 2. The van der Waals surface area contributed by atoms with E-state index in [-0.39, 0.29) is 40.3 Å². The van der Waals surface area contributed by atoms with Gasteiger partial charge in [0, 0.05) is 17.9 Å². The van der Waals surface area contributed by atoms with E-state index in [1.54, 1.807) is 6.92 Å². The van der Waals surface area contributed by atoms with Crippen LogP contribution in [0.3, 0.4) is 0 Å². The second-order valence-electron chi connectivity index (χ2n) is 7.43. The lowest BCUT2D eigenvalue weighted by molar-refractivity contribution is -0.138. The van der Waals surface area contributed by atoms with E-state index in [1.165, 1.54) is 29.7 Å². The predicted molar refractivity (Wildman–Crippen MR) is 111 cm³/mol. The Morgan fingerprint density at radius 2 is 1.90 bits per heavy atom. The van der Waals surface area contributed by atoms with E-state index in [4.69, 9.17) is 0 Å². The Morgan fingerprint density at radius 3 is 2.48 bits per heavy atom. The number of carbonyl (C=O) groups is 1. The maximum Gasteiger partial charge on any atom is 0.416 e. The van der Waals surface area contributed by atoms with Crippen molar-refractivity contribution in [1.29, 1.82) is 0 Å². The van der Waals surface area contributed by atoms with Crippen LogP contribution in [0.25, 0.3) is 11.0 Å². The molecule has 3 aromatic rings. The SMILES string of the molecule is CCn1c(=O)[nH]c(=O)c2c(C(=O)Nc3ccc(C)c(C(F)(F)F)c3)cc(C(C)C)nc21. The molecule has 0 fully saturated rings. The Kier molecular flexibility index (Phi) is 5.75. The first kappa shape index (κ1) is 22.3. The van der Waals surface area contributed by atoms with Gasteiger partial charge in [0.15, 0.2) is 5.65 Å². The fourth-order valence-electron chi connectivity index (χ4n) is 3.27. The molecule has 0 aliphatic rings. The zero-order chi connectivity index (χ0) is 23.1. The van der Waals surface area contributed by atoms with Crippen molar-refractivity contribution in [3.05, 3.63) is 67.5 Å². The fraction of sp³-hybridized carbons (Fsp3) is 0.333. The normalized spacial score (nSPS) is 11.9. The summed E-state index contributed by atoms with van der Waals surface area (Å²) >= 11 is 0. The van der Waals surface area contributed by atoms with Crippen LogP contribution >= 0.6 is 0 Å². The smallest absolute Gasteiger partial charge is 0.322 e. The molecule has 0 bridgehead atoms. The van der Waals surface area contributed by atoms with Crippen molar-refractivity contribution < 1.29 is 18.0 Å². The van der Waals surface area contributed by atoms with Crippen LogP contribution in [0.2, 0.25) is 0 Å². The highest BCUT2D eigenvalue weighted by molar-refractivity contribution is 6.11. The average Bonchev–Trinajstić information content (AvgIpc) is 2.67. The molecular formula is C21H21F3N4O3. The van der Waals surface area contributed by atoms with Gasteiger partial charge in [0.2, 0.25) is 0 Å². The Balaban J connectivity index is 2.20. The molecule has 0 unspecified atom stereocenters. The van der Waals surface area contributed by atoms with Crippen LogP contribution in [0.4, 0.5) is 18.9 Å². The van der Waals surface area contributed by atoms with Crippen molar-refractivity contribution >= 4 is 22.6 Å². The molecular weight excluding hydrogens is 413 g/mol. The van der Waals surface area contributed by atoms with E-state index in [0.29, 0.717) is 5.69 Å². The molecule has 31 heavy (non-hydrogen) atoms. The van der Waals surface area contributed by atoms with Crippen LogP contribution < -0.4 is 16.6 Å². The maximum absolute atomic E-state index is 13.2. The van der Waals surface area contributed by atoms with Gasteiger partial charge in [-0.2, -0.15) is 13.2 Å². The Labute approximate surface area is 174 Å². The van der Waals surface area contributed by atoms with Gasteiger partial charge in [0.1, 0.15) is 0 Å². The first-order valence-electron chi connectivity index (χ1n) is 9.61. The second-order valence-corrected chi connectivity index (χ2v) is 7.43. The first-order valence-corrected chi connectivity index (χ1v) is 9.61. The lowest BCUT2D eigenvalue weighted by Gasteiger charge is -2.15. The molecule has 0 atom stereocenters. The summed E-state index contributed by atoms with van der Waals surface area (Å²) < 4.78 is 40.9. The van der Waals surface area contributed by atoms with E-state index in [0.717, 1.165) is 6.07 Å². The lowest BCUT2D eigenvalue weighted by atomic mass is 10.0. The monoisotopic (exact) mass is 434 g/mol. The number of benzene rings is 1. The van der Waals surface area contributed by atoms with E-state index in [9.17, 15) is 27.6 Å². The van der Waals surface area contributed by atoms with Gasteiger partial charge in [0.05, 0.1) is 16.5 Å². The number of nitrogens with one attached hydrogen (secondary N) is 2. The third kappa shape index (κ3) is 4.23. The van der Waals surface area contributed by atoms with Gasteiger partial charge in [-0.05, 0) is 43.5 Å². The summed E-state index contributed by atoms with van der Waals surface area (Å²) in [5.74, 6) is -0.912. The van der Waals surface area contributed by atoms with Crippen LogP contribution in [0.5, 0.6) is 0 Å². The number of hydrogen-bond acceptors (Lipinski definition) is 4. The highest BCUT2D eigenvalue weighted by Crippen LogP contribution is 2.33. The van der Waals surface area contributed by atoms with Gasteiger partial charge in [-0.3, -0.25) is 19.1 Å². The summed E-state index contributed by atoms with van der Waals surface area (Å²) in [4.78, 5) is 44.3. The number of halogens is 3. The number of aryl methyl sites for hydroxylation is 2. The zero-order valence-corrected chi connectivity index (χ0v) is 17.3. The molecule has 1 amide bonds. The van der Waals surface area contributed by atoms with Gasteiger partial charge in [-0.15, -0.1) is 0 Å².